The molecule has 0 aromatic carbocycles. The van der Waals surface area contributed by atoms with Crippen LogP contribution in [0.4, 0.5) is 0 Å². The van der Waals surface area contributed by atoms with Crippen LogP contribution in [0.5, 0.6) is 0 Å². The number of amidine groups is 1. The number of aryl methyl sites for hydroxylation is 2. The van der Waals surface area contributed by atoms with E-state index in [-0.39, 0.29) is 0 Å². The van der Waals surface area contributed by atoms with Gasteiger partial charge >= 0.3 is 0 Å². The lowest BCUT2D eigenvalue weighted by molar-refractivity contribution is 0.730. The summed E-state index contributed by atoms with van der Waals surface area (Å²) in [6.45, 7) is 4.76. The van der Waals surface area contributed by atoms with Gasteiger partial charge in [-0.1, -0.05) is 0 Å². The molecule has 15 heavy (non-hydrogen) atoms. The Labute approximate surface area is 90.2 Å². The maximum Gasteiger partial charge on any atom is 0.0972 e. The third kappa shape index (κ3) is 2.03. The van der Waals surface area contributed by atoms with Crippen LogP contribution in [-0.4, -0.2) is 15.6 Å². The molecule has 1 aromatic heterocycles. The van der Waals surface area contributed by atoms with E-state index in [0.717, 1.165) is 11.5 Å². The first kappa shape index (κ1) is 10.2. The van der Waals surface area contributed by atoms with Crippen LogP contribution in [0, 0.1) is 19.8 Å². The first-order chi connectivity index (χ1) is 7.09. The minimum atomic E-state index is 0.558. The Morgan fingerprint density at radius 1 is 1.53 bits per heavy atom. The molecule has 2 N–H and O–H groups in total. The zero-order valence-electron chi connectivity index (χ0n) is 9.62. The van der Waals surface area contributed by atoms with Gasteiger partial charge in [-0.15, -0.1) is 0 Å². The highest BCUT2D eigenvalue weighted by Gasteiger charge is 2.25. The fourth-order valence-electron chi connectivity index (χ4n) is 1.72. The van der Waals surface area contributed by atoms with E-state index in [2.05, 4.69) is 17.0 Å². The summed E-state index contributed by atoms with van der Waals surface area (Å²) < 4.78 is 1.90. The predicted molar refractivity (Wildman–Crippen MR) is 60.7 cm³/mol. The summed E-state index contributed by atoms with van der Waals surface area (Å²) >= 11 is 0. The Bertz CT molecular complexity index is 399. The van der Waals surface area contributed by atoms with Crippen LogP contribution in [0.3, 0.4) is 0 Å². The molecule has 0 amide bonds. The molecule has 1 aliphatic rings. The van der Waals surface area contributed by atoms with Crippen molar-refractivity contribution < 1.29 is 0 Å². The molecule has 0 radical (unpaired) electrons. The molecule has 0 bridgehead atoms. The molecule has 4 heteroatoms. The highest BCUT2D eigenvalue weighted by atomic mass is 15.3. The zero-order chi connectivity index (χ0) is 11.0. The summed E-state index contributed by atoms with van der Waals surface area (Å²) in [4.78, 5) is 4.43. The maximum absolute atomic E-state index is 5.86. The fourth-order valence-corrected chi connectivity index (χ4v) is 1.72. The van der Waals surface area contributed by atoms with Crippen LogP contribution in [0.2, 0.25) is 0 Å². The largest absolute Gasteiger partial charge is 0.387 e. The molecule has 0 aliphatic heterocycles. The quantitative estimate of drug-likeness (QED) is 0.598. The van der Waals surface area contributed by atoms with Crippen molar-refractivity contribution in [2.45, 2.75) is 33.2 Å². The SMILES string of the molecule is Cc1nn(C)c(C)c1CN=C(N)C1CC1. The van der Waals surface area contributed by atoms with Gasteiger partial charge in [-0.05, 0) is 26.7 Å². The average Bonchev–Trinajstić information content (AvgIpc) is 2.96. The number of aromatic nitrogens is 2. The molecule has 4 nitrogen and oxygen atoms in total. The minimum Gasteiger partial charge on any atom is -0.387 e. The van der Waals surface area contributed by atoms with Crippen molar-refractivity contribution >= 4 is 5.84 Å². The van der Waals surface area contributed by atoms with E-state index in [4.69, 9.17) is 5.73 Å². The first-order valence-electron chi connectivity index (χ1n) is 5.38. The molecule has 1 saturated carbocycles. The molecule has 0 unspecified atom stereocenters. The van der Waals surface area contributed by atoms with Crippen LogP contribution in [-0.2, 0) is 13.6 Å². The molecular weight excluding hydrogens is 188 g/mol. The summed E-state index contributed by atoms with van der Waals surface area (Å²) in [6.07, 6.45) is 2.42. The van der Waals surface area contributed by atoms with Crippen LogP contribution < -0.4 is 5.73 Å². The van der Waals surface area contributed by atoms with Crippen molar-refractivity contribution in [1.82, 2.24) is 9.78 Å². The Hall–Kier alpha value is -1.32. The molecule has 1 aromatic rings. The lowest BCUT2D eigenvalue weighted by Gasteiger charge is -1.99. The number of nitrogens with zero attached hydrogens (tertiary/aromatic N) is 3. The summed E-state index contributed by atoms with van der Waals surface area (Å²) in [7, 11) is 1.96. The Kier molecular flexibility index (Phi) is 2.50. The summed E-state index contributed by atoms with van der Waals surface area (Å²) in [5, 5.41) is 4.36. The molecule has 1 fully saturated rings. The second kappa shape index (κ2) is 3.68. The van der Waals surface area contributed by atoms with Crippen molar-refractivity contribution in [3.63, 3.8) is 0 Å². The molecule has 0 spiro atoms. The molecule has 82 valence electrons. The Morgan fingerprint density at radius 2 is 2.20 bits per heavy atom. The van der Waals surface area contributed by atoms with E-state index in [0.29, 0.717) is 12.5 Å². The molecule has 1 heterocycles. The zero-order valence-corrected chi connectivity index (χ0v) is 9.62. The van der Waals surface area contributed by atoms with Gasteiger partial charge in [0.2, 0.25) is 0 Å². The standard InChI is InChI=1S/C11H18N4/c1-7-10(8(2)15(3)14-7)6-13-11(12)9-4-5-9/h9H,4-6H2,1-3H3,(H2,12,13). The number of hydrogen-bond donors (Lipinski definition) is 1. The van der Waals surface area contributed by atoms with Crippen molar-refractivity contribution in [3.05, 3.63) is 17.0 Å². The van der Waals surface area contributed by atoms with E-state index >= 15 is 0 Å². The van der Waals surface area contributed by atoms with Crippen LogP contribution in [0.15, 0.2) is 4.99 Å². The lowest BCUT2D eigenvalue weighted by atomic mass is 10.2. The number of aliphatic imine (C=N–C) groups is 1. The van der Waals surface area contributed by atoms with Crippen LogP contribution >= 0.6 is 0 Å². The van der Waals surface area contributed by atoms with Gasteiger partial charge in [0.25, 0.3) is 0 Å². The highest BCUT2D eigenvalue weighted by molar-refractivity contribution is 5.84. The molecule has 2 rings (SSSR count). The number of hydrogen-bond acceptors (Lipinski definition) is 2. The van der Waals surface area contributed by atoms with Crippen molar-refractivity contribution in [2.24, 2.45) is 23.7 Å². The van der Waals surface area contributed by atoms with Crippen molar-refractivity contribution in [2.75, 3.05) is 0 Å². The Balaban J connectivity index is 2.13. The maximum atomic E-state index is 5.86. The Morgan fingerprint density at radius 3 is 2.67 bits per heavy atom. The van der Waals surface area contributed by atoms with Crippen LogP contribution in [0.25, 0.3) is 0 Å². The first-order valence-corrected chi connectivity index (χ1v) is 5.38. The third-order valence-electron chi connectivity index (χ3n) is 3.07. The lowest BCUT2D eigenvalue weighted by Crippen LogP contribution is -2.14. The van der Waals surface area contributed by atoms with Gasteiger partial charge in [0.15, 0.2) is 0 Å². The van der Waals surface area contributed by atoms with Gasteiger partial charge in [0.1, 0.15) is 0 Å². The highest BCUT2D eigenvalue weighted by Crippen LogP contribution is 2.29. The minimum absolute atomic E-state index is 0.558. The van der Waals surface area contributed by atoms with Crippen LogP contribution in [0.1, 0.15) is 29.8 Å². The van der Waals surface area contributed by atoms with Crippen molar-refractivity contribution in [1.29, 1.82) is 0 Å². The normalized spacial score (nSPS) is 17.1. The summed E-state index contributed by atoms with van der Waals surface area (Å²) in [5.74, 6) is 1.37. The predicted octanol–water partition coefficient (Wildman–Crippen LogP) is 1.30. The van der Waals surface area contributed by atoms with Crippen molar-refractivity contribution in [3.8, 4) is 0 Å². The fraction of sp³-hybridized carbons (Fsp3) is 0.636. The molecule has 0 atom stereocenters. The van der Waals surface area contributed by atoms with Gasteiger partial charge in [-0.25, -0.2) is 0 Å². The third-order valence-corrected chi connectivity index (χ3v) is 3.07. The van der Waals surface area contributed by atoms with E-state index in [9.17, 15) is 0 Å². The molecule has 0 saturated heterocycles. The van der Waals surface area contributed by atoms with E-state index in [1.807, 2.05) is 18.7 Å². The molecule has 1 aliphatic carbocycles. The smallest absolute Gasteiger partial charge is 0.0972 e. The second-order valence-electron chi connectivity index (χ2n) is 4.29. The topological polar surface area (TPSA) is 56.2 Å². The van der Waals surface area contributed by atoms with Gasteiger partial charge in [-0.3, -0.25) is 9.67 Å². The van der Waals surface area contributed by atoms with Gasteiger partial charge < -0.3 is 5.73 Å². The second-order valence-corrected chi connectivity index (χ2v) is 4.29. The van der Waals surface area contributed by atoms with Gasteiger partial charge in [0, 0.05) is 24.2 Å². The van der Waals surface area contributed by atoms with Gasteiger partial charge in [0.05, 0.1) is 18.1 Å². The summed E-state index contributed by atoms with van der Waals surface area (Å²) in [5.41, 5.74) is 9.30. The van der Waals surface area contributed by atoms with Gasteiger partial charge in [-0.2, -0.15) is 5.10 Å². The average molecular weight is 206 g/mol. The van der Waals surface area contributed by atoms with E-state index in [1.165, 1.54) is 24.1 Å². The van der Waals surface area contributed by atoms with E-state index in [1.54, 1.807) is 0 Å². The number of nitrogens with two attached hydrogens (primary N) is 1. The van der Waals surface area contributed by atoms with E-state index < -0.39 is 0 Å². The summed E-state index contributed by atoms with van der Waals surface area (Å²) in [6, 6.07) is 0. The monoisotopic (exact) mass is 206 g/mol. The number of rotatable bonds is 3. The molecular formula is C11H18N4.